The van der Waals surface area contributed by atoms with Crippen LogP contribution in [0.4, 0.5) is 23.7 Å². The third kappa shape index (κ3) is 2.31. The van der Waals surface area contributed by atoms with Gasteiger partial charge < -0.3 is 11.1 Å². The highest BCUT2D eigenvalue weighted by molar-refractivity contribution is 5.88. The number of hydrogen-bond acceptors (Lipinski definition) is 3. The zero-order valence-corrected chi connectivity index (χ0v) is 6.67. The van der Waals surface area contributed by atoms with Crippen LogP contribution in [0.15, 0.2) is 12.5 Å². The van der Waals surface area contributed by atoms with Gasteiger partial charge in [0.1, 0.15) is 6.33 Å². The van der Waals surface area contributed by atoms with E-state index in [4.69, 9.17) is 0 Å². The van der Waals surface area contributed by atoms with Crippen LogP contribution in [0.1, 0.15) is 5.69 Å². The number of rotatable bonds is 1. The van der Waals surface area contributed by atoms with Gasteiger partial charge in [0.05, 0.1) is 11.9 Å². The fourth-order valence-corrected chi connectivity index (χ4v) is 0.780. The molecule has 3 N–H and O–H groups in total. The molecular formula is C6H5F3N4O. The number of nitrogens with zero attached hydrogens (tertiary/aromatic N) is 2. The summed E-state index contributed by atoms with van der Waals surface area (Å²) in [5.74, 6) is 0. The second-order valence-electron chi connectivity index (χ2n) is 2.27. The van der Waals surface area contributed by atoms with E-state index in [-0.39, 0.29) is 0 Å². The van der Waals surface area contributed by atoms with Crippen molar-refractivity contribution in [1.29, 1.82) is 0 Å². The second kappa shape index (κ2) is 3.48. The zero-order chi connectivity index (χ0) is 10.8. The van der Waals surface area contributed by atoms with Crippen molar-refractivity contribution >= 4 is 11.7 Å². The van der Waals surface area contributed by atoms with Crippen LogP contribution in [0.5, 0.6) is 0 Å². The molecule has 0 unspecified atom stereocenters. The molecule has 1 rings (SSSR count). The van der Waals surface area contributed by atoms with E-state index in [1.54, 1.807) is 5.32 Å². The van der Waals surface area contributed by atoms with E-state index in [2.05, 4.69) is 15.7 Å². The van der Waals surface area contributed by atoms with Gasteiger partial charge in [-0.15, -0.1) is 0 Å². The molecule has 8 heteroatoms. The minimum absolute atomic E-state index is 0.562. The minimum atomic E-state index is -4.65. The number of hydrogen-bond donors (Lipinski definition) is 2. The van der Waals surface area contributed by atoms with E-state index in [1.165, 1.54) is 0 Å². The first-order valence-electron chi connectivity index (χ1n) is 3.35. The Kier molecular flexibility index (Phi) is 2.54. The predicted molar refractivity (Wildman–Crippen MR) is 40.2 cm³/mol. The quantitative estimate of drug-likeness (QED) is 0.718. The summed E-state index contributed by atoms with van der Waals surface area (Å²) in [7, 11) is 0. The molecule has 0 saturated carbocycles. The molecule has 1 heterocycles. The minimum Gasteiger partial charge on any atom is -0.351 e. The summed E-state index contributed by atoms with van der Waals surface area (Å²) in [6, 6.07) is -1.11. The van der Waals surface area contributed by atoms with Gasteiger partial charge >= 0.3 is 12.2 Å². The van der Waals surface area contributed by atoms with Crippen molar-refractivity contribution in [3.63, 3.8) is 0 Å². The monoisotopic (exact) mass is 206 g/mol. The SMILES string of the molecule is NC(=O)Nc1cncnc1C(F)(F)F. The molecule has 0 aromatic carbocycles. The molecule has 1 aromatic heterocycles. The van der Waals surface area contributed by atoms with Gasteiger partial charge in [-0.05, 0) is 0 Å². The molecule has 14 heavy (non-hydrogen) atoms. The first-order chi connectivity index (χ1) is 6.41. The summed E-state index contributed by atoms with van der Waals surface area (Å²) in [6.07, 6.45) is -3.10. The van der Waals surface area contributed by atoms with Crippen LogP contribution in [-0.4, -0.2) is 16.0 Å². The maximum atomic E-state index is 12.2. The second-order valence-corrected chi connectivity index (χ2v) is 2.27. The molecule has 0 aliphatic rings. The summed E-state index contributed by atoms with van der Waals surface area (Å²) in [4.78, 5) is 16.7. The van der Waals surface area contributed by atoms with Crippen molar-refractivity contribution in [2.75, 3.05) is 5.32 Å². The van der Waals surface area contributed by atoms with E-state index < -0.39 is 23.6 Å². The van der Waals surface area contributed by atoms with Crippen molar-refractivity contribution in [1.82, 2.24) is 9.97 Å². The summed E-state index contributed by atoms with van der Waals surface area (Å²) in [5.41, 5.74) is 2.87. The Labute approximate surface area is 76.1 Å². The molecule has 0 aliphatic heterocycles. The number of urea groups is 1. The standard InChI is InChI=1S/C6H5F3N4O/c7-6(8,9)4-3(13-5(10)14)1-11-2-12-4/h1-2H,(H3,10,13,14). The van der Waals surface area contributed by atoms with Gasteiger partial charge in [-0.25, -0.2) is 14.8 Å². The molecule has 0 radical (unpaired) electrons. The van der Waals surface area contributed by atoms with E-state index in [1.807, 2.05) is 0 Å². The highest BCUT2D eigenvalue weighted by Crippen LogP contribution is 2.31. The lowest BCUT2D eigenvalue weighted by Crippen LogP contribution is -2.22. The highest BCUT2D eigenvalue weighted by atomic mass is 19.4. The molecule has 1 aromatic rings. The molecular weight excluding hydrogens is 201 g/mol. The fraction of sp³-hybridized carbons (Fsp3) is 0.167. The average Bonchev–Trinajstić information content (AvgIpc) is 2.01. The van der Waals surface area contributed by atoms with Crippen LogP contribution in [0.2, 0.25) is 0 Å². The van der Waals surface area contributed by atoms with Gasteiger partial charge in [0.25, 0.3) is 0 Å². The number of halogens is 3. The van der Waals surface area contributed by atoms with Crippen LogP contribution in [-0.2, 0) is 6.18 Å². The Bertz CT molecular complexity index is 351. The fourth-order valence-electron chi connectivity index (χ4n) is 0.780. The third-order valence-electron chi connectivity index (χ3n) is 1.24. The lowest BCUT2D eigenvalue weighted by molar-refractivity contribution is -0.140. The maximum Gasteiger partial charge on any atom is 0.435 e. The summed E-state index contributed by atoms with van der Waals surface area (Å²) >= 11 is 0. The molecule has 0 fully saturated rings. The Morgan fingerprint density at radius 3 is 2.64 bits per heavy atom. The molecule has 0 atom stereocenters. The molecule has 2 amide bonds. The number of alkyl halides is 3. The Morgan fingerprint density at radius 1 is 1.50 bits per heavy atom. The molecule has 0 spiro atoms. The van der Waals surface area contributed by atoms with E-state index in [0.29, 0.717) is 0 Å². The van der Waals surface area contributed by atoms with Crippen molar-refractivity contribution in [3.05, 3.63) is 18.2 Å². The molecule has 76 valence electrons. The van der Waals surface area contributed by atoms with Crippen molar-refractivity contribution < 1.29 is 18.0 Å². The first-order valence-corrected chi connectivity index (χ1v) is 3.35. The number of nitrogens with one attached hydrogen (secondary N) is 1. The Morgan fingerprint density at radius 2 is 2.14 bits per heavy atom. The lowest BCUT2D eigenvalue weighted by Gasteiger charge is -2.09. The normalized spacial score (nSPS) is 11.1. The van der Waals surface area contributed by atoms with Gasteiger partial charge in [0, 0.05) is 0 Å². The highest BCUT2D eigenvalue weighted by Gasteiger charge is 2.35. The number of primary amides is 1. The van der Waals surface area contributed by atoms with Gasteiger partial charge in [0.15, 0.2) is 5.69 Å². The van der Waals surface area contributed by atoms with Crippen molar-refractivity contribution in [3.8, 4) is 0 Å². The Balaban J connectivity index is 3.10. The third-order valence-corrected chi connectivity index (χ3v) is 1.24. The lowest BCUT2D eigenvalue weighted by atomic mass is 10.3. The van der Waals surface area contributed by atoms with Crippen LogP contribution >= 0.6 is 0 Å². The topological polar surface area (TPSA) is 80.9 Å². The van der Waals surface area contributed by atoms with E-state index in [0.717, 1.165) is 12.5 Å². The molecule has 5 nitrogen and oxygen atoms in total. The molecule has 0 bridgehead atoms. The predicted octanol–water partition coefficient (Wildman–Crippen LogP) is 0.986. The van der Waals surface area contributed by atoms with Crippen LogP contribution < -0.4 is 11.1 Å². The average molecular weight is 206 g/mol. The van der Waals surface area contributed by atoms with E-state index in [9.17, 15) is 18.0 Å². The number of amides is 2. The van der Waals surface area contributed by atoms with E-state index >= 15 is 0 Å². The summed E-state index contributed by atoms with van der Waals surface area (Å²) in [6.45, 7) is 0. The van der Waals surface area contributed by atoms with Crippen LogP contribution in [0.25, 0.3) is 0 Å². The van der Waals surface area contributed by atoms with Gasteiger partial charge in [-0.1, -0.05) is 0 Å². The number of aromatic nitrogens is 2. The van der Waals surface area contributed by atoms with Gasteiger partial charge in [0.2, 0.25) is 0 Å². The van der Waals surface area contributed by atoms with Gasteiger partial charge in [-0.3, -0.25) is 0 Å². The molecule has 0 aliphatic carbocycles. The summed E-state index contributed by atoms with van der Waals surface area (Å²) < 4.78 is 36.6. The van der Waals surface area contributed by atoms with Crippen molar-refractivity contribution in [2.45, 2.75) is 6.18 Å². The number of carbonyl (C=O) groups is 1. The summed E-state index contributed by atoms with van der Waals surface area (Å²) in [5, 5.41) is 1.77. The first kappa shape index (κ1) is 10.2. The van der Waals surface area contributed by atoms with Crippen LogP contribution in [0.3, 0.4) is 0 Å². The number of nitrogens with two attached hydrogens (primary N) is 1. The smallest absolute Gasteiger partial charge is 0.351 e. The van der Waals surface area contributed by atoms with Crippen LogP contribution in [0, 0.1) is 0 Å². The maximum absolute atomic E-state index is 12.2. The number of carbonyl (C=O) groups excluding carboxylic acids is 1. The number of anilines is 1. The Hall–Kier alpha value is -1.86. The van der Waals surface area contributed by atoms with Crippen molar-refractivity contribution in [2.24, 2.45) is 5.73 Å². The van der Waals surface area contributed by atoms with Gasteiger partial charge in [-0.2, -0.15) is 13.2 Å². The zero-order valence-electron chi connectivity index (χ0n) is 6.67. The molecule has 0 saturated heterocycles. The largest absolute Gasteiger partial charge is 0.435 e.